The quantitative estimate of drug-likeness (QED) is 0.793. The lowest BCUT2D eigenvalue weighted by Crippen LogP contribution is -2.55. The SMILES string of the molecule is COc1ccc(C(=O)C2CC3COCC(C2)N3C)c(C)n1. The van der Waals surface area contributed by atoms with E-state index in [1.54, 1.807) is 13.2 Å². The fourth-order valence-corrected chi connectivity index (χ4v) is 3.44. The summed E-state index contributed by atoms with van der Waals surface area (Å²) in [6.07, 6.45) is 1.74. The average Bonchev–Trinajstić information content (AvgIpc) is 2.46. The highest BCUT2D eigenvalue weighted by Crippen LogP contribution is 2.32. The van der Waals surface area contributed by atoms with Crippen LogP contribution in [0.2, 0.25) is 0 Å². The van der Waals surface area contributed by atoms with Gasteiger partial charge in [0.05, 0.1) is 26.0 Å². The largest absolute Gasteiger partial charge is 0.481 e. The van der Waals surface area contributed by atoms with Gasteiger partial charge in [0.1, 0.15) is 0 Å². The summed E-state index contributed by atoms with van der Waals surface area (Å²) in [5.74, 6) is 0.847. The second-order valence-electron chi connectivity index (χ2n) is 6.03. The Bertz CT molecular complexity index is 532. The van der Waals surface area contributed by atoms with Crippen molar-refractivity contribution >= 4 is 5.78 Å². The summed E-state index contributed by atoms with van der Waals surface area (Å²) < 4.78 is 10.7. The first-order valence-electron chi connectivity index (χ1n) is 7.45. The Morgan fingerprint density at radius 1 is 1.33 bits per heavy atom. The van der Waals surface area contributed by atoms with Gasteiger partial charge in [-0.2, -0.15) is 0 Å². The Kier molecular flexibility index (Phi) is 3.95. The second-order valence-corrected chi connectivity index (χ2v) is 6.03. The minimum absolute atomic E-state index is 0.0778. The van der Waals surface area contributed by atoms with Gasteiger partial charge in [0, 0.05) is 29.6 Å². The number of hydrogen-bond donors (Lipinski definition) is 0. The summed E-state index contributed by atoms with van der Waals surface area (Å²) >= 11 is 0. The van der Waals surface area contributed by atoms with Crippen molar-refractivity contribution in [3.63, 3.8) is 0 Å². The number of methoxy groups -OCH3 is 1. The van der Waals surface area contributed by atoms with Gasteiger partial charge in [-0.15, -0.1) is 0 Å². The van der Waals surface area contributed by atoms with Gasteiger partial charge in [0.25, 0.3) is 0 Å². The molecular weight excluding hydrogens is 268 g/mol. The number of ketones is 1. The van der Waals surface area contributed by atoms with Gasteiger partial charge in [-0.25, -0.2) is 4.98 Å². The van der Waals surface area contributed by atoms with E-state index in [2.05, 4.69) is 16.9 Å². The van der Waals surface area contributed by atoms with Crippen LogP contribution in [0.1, 0.15) is 28.9 Å². The van der Waals surface area contributed by atoms with Crippen molar-refractivity contribution in [1.82, 2.24) is 9.88 Å². The topological polar surface area (TPSA) is 51.7 Å². The number of carbonyl (C=O) groups excluding carboxylic acids is 1. The lowest BCUT2D eigenvalue weighted by molar-refractivity contribution is -0.0702. The highest BCUT2D eigenvalue weighted by atomic mass is 16.5. The number of ether oxygens (including phenoxy) is 2. The first-order chi connectivity index (χ1) is 10.1. The molecule has 0 aliphatic carbocycles. The van der Waals surface area contributed by atoms with Gasteiger partial charge in [-0.05, 0) is 32.9 Å². The third-order valence-electron chi connectivity index (χ3n) is 4.79. The highest BCUT2D eigenvalue weighted by molar-refractivity contribution is 5.99. The van der Waals surface area contributed by atoms with E-state index in [-0.39, 0.29) is 11.7 Å². The molecule has 0 spiro atoms. The number of hydrogen-bond acceptors (Lipinski definition) is 5. The summed E-state index contributed by atoms with van der Waals surface area (Å²) in [5.41, 5.74) is 1.48. The molecule has 2 saturated heterocycles. The minimum Gasteiger partial charge on any atom is -0.481 e. The molecule has 2 aliphatic rings. The molecule has 3 heterocycles. The zero-order chi connectivity index (χ0) is 15.0. The number of aryl methyl sites for hydroxylation is 1. The molecule has 2 atom stereocenters. The predicted molar refractivity (Wildman–Crippen MR) is 78.7 cm³/mol. The van der Waals surface area contributed by atoms with Gasteiger partial charge in [0.15, 0.2) is 5.78 Å². The first kappa shape index (κ1) is 14.5. The van der Waals surface area contributed by atoms with E-state index >= 15 is 0 Å². The zero-order valence-corrected chi connectivity index (χ0v) is 12.8. The molecule has 0 N–H and O–H groups in total. The number of pyridine rings is 1. The van der Waals surface area contributed by atoms with Crippen LogP contribution in [-0.2, 0) is 4.74 Å². The Morgan fingerprint density at radius 3 is 2.57 bits per heavy atom. The number of likely N-dealkylation sites (N-methyl/N-ethyl adjacent to an activating group) is 1. The third-order valence-corrected chi connectivity index (χ3v) is 4.79. The molecule has 114 valence electrons. The van der Waals surface area contributed by atoms with Crippen molar-refractivity contribution in [1.29, 1.82) is 0 Å². The Morgan fingerprint density at radius 2 is 2.00 bits per heavy atom. The van der Waals surface area contributed by atoms with Crippen LogP contribution in [-0.4, -0.2) is 55.1 Å². The van der Waals surface area contributed by atoms with Gasteiger partial charge in [-0.3, -0.25) is 9.69 Å². The molecule has 0 saturated carbocycles. The lowest BCUT2D eigenvalue weighted by atomic mass is 9.81. The Balaban J connectivity index is 1.79. The maximum atomic E-state index is 12.8. The third kappa shape index (κ3) is 2.68. The summed E-state index contributed by atoms with van der Waals surface area (Å²) in [6.45, 7) is 3.34. The predicted octanol–water partition coefficient (Wildman–Crippen LogP) is 1.69. The van der Waals surface area contributed by atoms with Crippen LogP contribution in [0.4, 0.5) is 0 Å². The molecule has 2 aliphatic heterocycles. The smallest absolute Gasteiger partial charge is 0.213 e. The van der Waals surface area contributed by atoms with E-state index in [9.17, 15) is 4.79 Å². The van der Waals surface area contributed by atoms with E-state index in [1.165, 1.54) is 0 Å². The van der Waals surface area contributed by atoms with Crippen LogP contribution in [0, 0.1) is 12.8 Å². The number of nitrogens with zero attached hydrogens (tertiary/aromatic N) is 2. The number of rotatable bonds is 3. The number of piperidine rings is 1. The minimum atomic E-state index is 0.0778. The van der Waals surface area contributed by atoms with E-state index in [1.807, 2.05) is 13.0 Å². The molecule has 2 fully saturated rings. The van der Waals surface area contributed by atoms with E-state index in [4.69, 9.17) is 9.47 Å². The summed E-state index contributed by atoms with van der Waals surface area (Å²) in [7, 11) is 3.72. The van der Waals surface area contributed by atoms with Crippen molar-refractivity contribution in [2.75, 3.05) is 27.4 Å². The number of morpholine rings is 1. The van der Waals surface area contributed by atoms with Crippen molar-refractivity contribution in [3.8, 4) is 5.88 Å². The molecule has 1 aromatic heterocycles. The van der Waals surface area contributed by atoms with Crippen molar-refractivity contribution in [2.45, 2.75) is 31.8 Å². The summed E-state index contributed by atoms with van der Waals surface area (Å²) in [6, 6.07) is 4.32. The van der Waals surface area contributed by atoms with E-state index in [0.29, 0.717) is 18.0 Å². The van der Waals surface area contributed by atoms with Crippen molar-refractivity contribution in [2.24, 2.45) is 5.92 Å². The van der Waals surface area contributed by atoms with Crippen LogP contribution in [0.5, 0.6) is 5.88 Å². The maximum Gasteiger partial charge on any atom is 0.213 e. The van der Waals surface area contributed by atoms with Crippen molar-refractivity contribution < 1.29 is 14.3 Å². The maximum absolute atomic E-state index is 12.8. The van der Waals surface area contributed by atoms with Gasteiger partial charge in [-0.1, -0.05) is 0 Å². The number of Topliss-reactive ketones (excluding diaryl/α,β-unsaturated/α-hetero) is 1. The second kappa shape index (κ2) is 5.73. The fourth-order valence-electron chi connectivity index (χ4n) is 3.44. The van der Waals surface area contributed by atoms with Crippen LogP contribution >= 0.6 is 0 Å². The van der Waals surface area contributed by atoms with Crippen molar-refractivity contribution in [3.05, 3.63) is 23.4 Å². The van der Waals surface area contributed by atoms with Gasteiger partial charge in [0.2, 0.25) is 5.88 Å². The lowest BCUT2D eigenvalue weighted by Gasteiger charge is -2.46. The number of fused-ring (bicyclic) bond motifs is 2. The molecule has 0 radical (unpaired) electrons. The first-order valence-corrected chi connectivity index (χ1v) is 7.45. The average molecular weight is 290 g/mol. The molecule has 21 heavy (non-hydrogen) atoms. The fraction of sp³-hybridized carbons (Fsp3) is 0.625. The van der Waals surface area contributed by atoms with Crippen LogP contribution < -0.4 is 4.74 Å². The molecule has 3 rings (SSSR count). The molecule has 0 amide bonds. The number of aromatic nitrogens is 1. The Hall–Kier alpha value is -1.46. The van der Waals surface area contributed by atoms with E-state index in [0.717, 1.165) is 37.3 Å². The van der Waals surface area contributed by atoms with Gasteiger partial charge < -0.3 is 9.47 Å². The molecule has 1 aromatic rings. The molecule has 0 aromatic carbocycles. The zero-order valence-electron chi connectivity index (χ0n) is 12.8. The van der Waals surface area contributed by atoms with Gasteiger partial charge >= 0.3 is 0 Å². The molecule has 2 bridgehead atoms. The highest BCUT2D eigenvalue weighted by Gasteiger charge is 2.39. The normalized spacial score (nSPS) is 29.2. The number of carbonyl (C=O) groups is 1. The summed E-state index contributed by atoms with van der Waals surface area (Å²) in [4.78, 5) is 19.5. The molecule has 5 nitrogen and oxygen atoms in total. The molecule has 5 heteroatoms. The standard InChI is InChI=1S/C16H22N2O3/c1-10-14(4-5-15(17-10)20-3)16(19)11-6-12-8-21-9-13(7-11)18(12)2/h4-5,11-13H,6-9H2,1-3H3. The monoisotopic (exact) mass is 290 g/mol. The molecule has 2 unspecified atom stereocenters. The van der Waals surface area contributed by atoms with Crippen LogP contribution in [0.3, 0.4) is 0 Å². The van der Waals surface area contributed by atoms with Crippen LogP contribution in [0.25, 0.3) is 0 Å². The van der Waals surface area contributed by atoms with E-state index < -0.39 is 0 Å². The van der Waals surface area contributed by atoms with Crippen LogP contribution in [0.15, 0.2) is 12.1 Å². The molecular formula is C16H22N2O3. The summed E-state index contributed by atoms with van der Waals surface area (Å²) in [5, 5.41) is 0. The Labute approximate surface area is 125 Å².